The number of benzene rings is 2. The number of halogens is 2. The molecule has 0 unspecified atom stereocenters. The van der Waals surface area contributed by atoms with Crippen LogP contribution in [0.5, 0.6) is 0 Å². The summed E-state index contributed by atoms with van der Waals surface area (Å²) in [6, 6.07) is 11.2. The zero-order valence-corrected chi connectivity index (χ0v) is 15.5. The second-order valence-electron chi connectivity index (χ2n) is 5.35. The zero-order valence-electron chi connectivity index (χ0n) is 13.2. The maximum absolute atomic E-state index is 12.3. The molecule has 0 spiro atoms. The fourth-order valence-electron chi connectivity index (χ4n) is 2.03. The molecular weight excluding hydrogens is 351 g/mol. The van der Waals surface area contributed by atoms with Gasteiger partial charge in [0.25, 0.3) is 0 Å². The molecule has 2 rings (SSSR count). The molecule has 2 aromatic carbocycles. The highest BCUT2D eigenvalue weighted by molar-refractivity contribution is 7.97. The number of carbonyl (C=O) groups excluding carboxylic acids is 1. The molecule has 23 heavy (non-hydrogen) atoms. The van der Waals surface area contributed by atoms with Crippen molar-refractivity contribution >= 4 is 46.7 Å². The van der Waals surface area contributed by atoms with E-state index in [1.54, 1.807) is 30.1 Å². The molecule has 0 heterocycles. The van der Waals surface area contributed by atoms with Crippen molar-refractivity contribution in [1.29, 1.82) is 0 Å². The summed E-state index contributed by atoms with van der Waals surface area (Å²) in [4.78, 5) is 13.3. The van der Waals surface area contributed by atoms with E-state index < -0.39 is 0 Å². The quantitative estimate of drug-likeness (QED) is 0.749. The summed E-state index contributed by atoms with van der Waals surface area (Å²) in [6.45, 7) is 1.97. The van der Waals surface area contributed by atoms with Gasteiger partial charge in [-0.25, -0.2) is 0 Å². The van der Waals surface area contributed by atoms with Crippen molar-refractivity contribution in [2.24, 2.45) is 0 Å². The fourth-order valence-corrected chi connectivity index (χ4v) is 3.07. The first kappa shape index (κ1) is 18.1. The summed E-state index contributed by atoms with van der Waals surface area (Å²) in [6.07, 6.45) is 0.251. The lowest BCUT2D eigenvalue weighted by Crippen LogP contribution is -2.15. The summed E-state index contributed by atoms with van der Waals surface area (Å²) >= 11 is 13.5. The van der Waals surface area contributed by atoms with E-state index in [0.29, 0.717) is 10.0 Å². The van der Waals surface area contributed by atoms with Crippen LogP contribution in [0.3, 0.4) is 0 Å². The van der Waals surface area contributed by atoms with Crippen LogP contribution in [0.4, 0.5) is 5.69 Å². The highest BCUT2D eigenvalue weighted by Gasteiger charge is 2.09. The van der Waals surface area contributed by atoms with Gasteiger partial charge in [-0.3, -0.25) is 9.10 Å². The van der Waals surface area contributed by atoms with E-state index in [-0.39, 0.29) is 12.3 Å². The highest BCUT2D eigenvalue weighted by atomic mass is 35.5. The van der Waals surface area contributed by atoms with E-state index in [1.807, 2.05) is 43.5 Å². The van der Waals surface area contributed by atoms with E-state index in [2.05, 4.69) is 5.32 Å². The van der Waals surface area contributed by atoms with Crippen LogP contribution in [0.15, 0.2) is 41.3 Å². The molecule has 0 bridgehead atoms. The molecule has 0 saturated heterocycles. The fraction of sp³-hybridized carbons (Fsp3) is 0.235. The zero-order chi connectivity index (χ0) is 17.0. The van der Waals surface area contributed by atoms with Crippen molar-refractivity contribution in [1.82, 2.24) is 4.31 Å². The SMILES string of the molecule is Cc1ccc(SN(C)C)cc1NC(=O)Cc1ccc(Cl)c(Cl)c1. The molecule has 0 aliphatic heterocycles. The third kappa shape index (κ3) is 5.43. The number of rotatable bonds is 5. The Bertz CT molecular complexity index is 720. The minimum atomic E-state index is -0.0847. The Morgan fingerprint density at radius 2 is 1.87 bits per heavy atom. The van der Waals surface area contributed by atoms with Gasteiger partial charge in [-0.15, -0.1) is 0 Å². The molecule has 1 amide bonds. The van der Waals surface area contributed by atoms with Gasteiger partial charge in [0.05, 0.1) is 16.5 Å². The Kier molecular flexibility index (Phi) is 6.36. The minimum Gasteiger partial charge on any atom is -0.326 e. The number of carbonyl (C=O) groups is 1. The van der Waals surface area contributed by atoms with E-state index in [0.717, 1.165) is 21.7 Å². The normalized spacial score (nSPS) is 10.9. The number of nitrogens with one attached hydrogen (secondary N) is 1. The van der Waals surface area contributed by atoms with Gasteiger partial charge in [-0.05, 0) is 68.4 Å². The third-order valence-electron chi connectivity index (χ3n) is 3.12. The Balaban J connectivity index is 2.08. The van der Waals surface area contributed by atoms with Gasteiger partial charge in [0.2, 0.25) is 5.91 Å². The first-order valence-electron chi connectivity index (χ1n) is 7.05. The number of amides is 1. The van der Waals surface area contributed by atoms with Crippen LogP contribution in [0, 0.1) is 6.92 Å². The molecule has 0 fully saturated rings. The van der Waals surface area contributed by atoms with E-state index >= 15 is 0 Å². The molecule has 0 aliphatic rings. The van der Waals surface area contributed by atoms with Crippen LogP contribution < -0.4 is 5.32 Å². The van der Waals surface area contributed by atoms with Crippen molar-refractivity contribution in [3.8, 4) is 0 Å². The molecule has 1 N–H and O–H groups in total. The second kappa shape index (κ2) is 8.06. The van der Waals surface area contributed by atoms with E-state index in [4.69, 9.17) is 23.2 Å². The van der Waals surface area contributed by atoms with Gasteiger partial charge in [-0.1, -0.05) is 35.3 Å². The Labute approximate surface area is 151 Å². The summed E-state index contributed by atoms with van der Waals surface area (Å²) in [7, 11) is 3.96. The van der Waals surface area contributed by atoms with Gasteiger partial charge in [0.1, 0.15) is 0 Å². The topological polar surface area (TPSA) is 32.3 Å². The van der Waals surface area contributed by atoms with Gasteiger partial charge in [-0.2, -0.15) is 0 Å². The molecule has 0 aliphatic carbocycles. The summed E-state index contributed by atoms with van der Waals surface area (Å²) in [5.41, 5.74) is 2.67. The molecule has 122 valence electrons. The molecule has 0 radical (unpaired) electrons. The highest BCUT2D eigenvalue weighted by Crippen LogP contribution is 2.26. The van der Waals surface area contributed by atoms with Crippen LogP contribution in [-0.4, -0.2) is 24.3 Å². The predicted molar refractivity (Wildman–Crippen MR) is 99.5 cm³/mol. The van der Waals surface area contributed by atoms with Crippen molar-refractivity contribution in [3.63, 3.8) is 0 Å². The van der Waals surface area contributed by atoms with Crippen LogP contribution in [0.25, 0.3) is 0 Å². The third-order valence-corrected chi connectivity index (χ3v) is 4.69. The summed E-state index contributed by atoms with van der Waals surface area (Å²) in [5, 5.41) is 3.90. The van der Waals surface area contributed by atoms with Crippen LogP contribution in [0.1, 0.15) is 11.1 Å². The number of hydrogen-bond acceptors (Lipinski definition) is 3. The average molecular weight is 369 g/mol. The number of hydrogen-bond donors (Lipinski definition) is 1. The molecule has 3 nitrogen and oxygen atoms in total. The van der Waals surface area contributed by atoms with Crippen LogP contribution >= 0.6 is 35.1 Å². The maximum atomic E-state index is 12.3. The second-order valence-corrected chi connectivity index (χ2v) is 7.55. The molecule has 6 heteroatoms. The minimum absolute atomic E-state index is 0.0847. The van der Waals surface area contributed by atoms with Crippen LogP contribution in [-0.2, 0) is 11.2 Å². The molecule has 0 saturated carbocycles. The standard InChI is InChI=1S/C17H18Cl2N2OS/c1-11-4-6-13(23-21(2)3)10-16(11)20-17(22)9-12-5-7-14(18)15(19)8-12/h4-8,10H,9H2,1-3H3,(H,20,22). The Hall–Kier alpha value is -1.20. The van der Waals surface area contributed by atoms with Gasteiger partial charge in [0.15, 0.2) is 0 Å². The monoisotopic (exact) mass is 368 g/mol. The number of aryl methyl sites for hydroxylation is 1. The Morgan fingerprint density at radius 1 is 1.13 bits per heavy atom. The molecule has 0 atom stereocenters. The Morgan fingerprint density at radius 3 is 2.52 bits per heavy atom. The van der Waals surface area contributed by atoms with E-state index in [9.17, 15) is 4.79 Å². The molecular formula is C17H18Cl2N2OS. The van der Waals surface area contributed by atoms with Gasteiger partial charge in [0, 0.05) is 10.6 Å². The molecule has 2 aromatic rings. The first-order valence-corrected chi connectivity index (χ1v) is 8.58. The lowest BCUT2D eigenvalue weighted by Gasteiger charge is -2.13. The summed E-state index contributed by atoms with van der Waals surface area (Å²) in [5.74, 6) is -0.0847. The lowest BCUT2D eigenvalue weighted by molar-refractivity contribution is -0.115. The smallest absolute Gasteiger partial charge is 0.228 e. The van der Waals surface area contributed by atoms with Crippen molar-refractivity contribution in [3.05, 3.63) is 57.6 Å². The molecule has 0 aromatic heterocycles. The summed E-state index contributed by atoms with van der Waals surface area (Å²) < 4.78 is 2.01. The van der Waals surface area contributed by atoms with Crippen LogP contribution in [0.2, 0.25) is 10.0 Å². The lowest BCUT2D eigenvalue weighted by atomic mass is 10.1. The van der Waals surface area contributed by atoms with Crippen molar-refractivity contribution in [2.75, 3.05) is 19.4 Å². The van der Waals surface area contributed by atoms with Crippen molar-refractivity contribution < 1.29 is 4.79 Å². The number of anilines is 1. The van der Waals surface area contributed by atoms with Gasteiger partial charge < -0.3 is 5.32 Å². The number of nitrogens with zero attached hydrogens (tertiary/aromatic N) is 1. The largest absolute Gasteiger partial charge is 0.326 e. The predicted octanol–water partition coefficient (Wildman–Crippen LogP) is 5.05. The van der Waals surface area contributed by atoms with E-state index in [1.165, 1.54) is 0 Å². The maximum Gasteiger partial charge on any atom is 0.228 e. The average Bonchev–Trinajstić information content (AvgIpc) is 2.46. The van der Waals surface area contributed by atoms with Gasteiger partial charge >= 0.3 is 0 Å². The first-order chi connectivity index (χ1) is 10.8. The van der Waals surface area contributed by atoms with Crippen molar-refractivity contribution in [2.45, 2.75) is 18.2 Å².